The van der Waals surface area contributed by atoms with Gasteiger partial charge in [0.2, 0.25) is 0 Å². The standard InChI is InChI=1S/C20H27N3O3S/c1-13-5-7-23(8-6-13)11-16-12-27-20(21-16)22-19(24)15-9-17(25-3)14(2)18(10-15)26-4/h9-10,12-13H,5-8,11H2,1-4H3,(H,21,22,24). The number of likely N-dealkylation sites (tertiary alicyclic amines) is 1. The summed E-state index contributed by atoms with van der Waals surface area (Å²) in [6.07, 6.45) is 2.48. The van der Waals surface area contributed by atoms with Crippen molar-refractivity contribution >= 4 is 22.4 Å². The van der Waals surface area contributed by atoms with Crippen molar-refractivity contribution in [3.63, 3.8) is 0 Å². The van der Waals surface area contributed by atoms with E-state index in [2.05, 4.69) is 22.1 Å². The number of thiazole rings is 1. The molecular weight excluding hydrogens is 362 g/mol. The van der Waals surface area contributed by atoms with Crippen molar-refractivity contribution < 1.29 is 14.3 Å². The van der Waals surface area contributed by atoms with Gasteiger partial charge in [-0.2, -0.15) is 0 Å². The third-order valence-electron chi connectivity index (χ3n) is 5.05. The molecule has 0 saturated carbocycles. The average molecular weight is 390 g/mol. The van der Waals surface area contributed by atoms with Gasteiger partial charge in [-0.15, -0.1) is 11.3 Å². The zero-order valence-corrected chi connectivity index (χ0v) is 17.2. The zero-order valence-electron chi connectivity index (χ0n) is 16.4. The molecule has 0 spiro atoms. The second-order valence-corrected chi connectivity index (χ2v) is 7.92. The Kier molecular flexibility index (Phi) is 6.34. The summed E-state index contributed by atoms with van der Waals surface area (Å²) < 4.78 is 10.7. The predicted octanol–water partition coefficient (Wildman–Crippen LogP) is 3.95. The number of anilines is 1. The number of benzene rings is 1. The van der Waals surface area contributed by atoms with E-state index in [4.69, 9.17) is 9.47 Å². The predicted molar refractivity (Wildman–Crippen MR) is 108 cm³/mol. The topological polar surface area (TPSA) is 63.7 Å². The van der Waals surface area contributed by atoms with Crippen LogP contribution in [0.15, 0.2) is 17.5 Å². The molecule has 0 bridgehead atoms. The molecule has 146 valence electrons. The van der Waals surface area contributed by atoms with Crippen molar-refractivity contribution in [3.8, 4) is 11.5 Å². The molecule has 1 aromatic heterocycles. The number of methoxy groups -OCH3 is 2. The lowest BCUT2D eigenvalue weighted by Crippen LogP contribution is -2.32. The van der Waals surface area contributed by atoms with Crippen molar-refractivity contribution in [2.45, 2.75) is 33.2 Å². The third-order valence-corrected chi connectivity index (χ3v) is 5.86. The van der Waals surface area contributed by atoms with Crippen LogP contribution in [0.1, 0.15) is 41.4 Å². The number of carbonyl (C=O) groups is 1. The number of aromatic nitrogens is 1. The van der Waals surface area contributed by atoms with Crippen LogP contribution in [0.2, 0.25) is 0 Å². The van der Waals surface area contributed by atoms with Crippen molar-refractivity contribution in [2.75, 3.05) is 32.6 Å². The van der Waals surface area contributed by atoms with Crippen molar-refractivity contribution in [2.24, 2.45) is 5.92 Å². The van der Waals surface area contributed by atoms with Gasteiger partial charge in [0.15, 0.2) is 5.13 Å². The highest BCUT2D eigenvalue weighted by Crippen LogP contribution is 2.30. The highest BCUT2D eigenvalue weighted by atomic mass is 32.1. The number of carbonyl (C=O) groups excluding carboxylic acids is 1. The van der Waals surface area contributed by atoms with Crippen LogP contribution in [0.5, 0.6) is 11.5 Å². The Bertz CT molecular complexity index is 773. The number of hydrogen-bond acceptors (Lipinski definition) is 6. The molecule has 6 nitrogen and oxygen atoms in total. The second kappa shape index (κ2) is 8.71. The van der Waals surface area contributed by atoms with E-state index in [0.717, 1.165) is 36.8 Å². The number of nitrogens with zero attached hydrogens (tertiary/aromatic N) is 2. The van der Waals surface area contributed by atoms with Crippen LogP contribution in [0.25, 0.3) is 0 Å². The fourth-order valence-corrected chi connectivity index (χ4v) is 3.97. The van der Waals surface area contributed by atoms with Gasteiger partial charge in [-0.3, -0.25) is 15.0 Å². The first-order chi connectivity index (χ1) is 13.0. The molecule has 1 aromatic carbocycles. The van der Waals surface area contributed by atoms with Crippen LogP contribution < -0.4 is 14.8 Å². The van der Waals surface area contributed by atoms with Crippen molar-refractivity contribution in [1.82, 2.24) is 9.88 Å². The second-order valence-electron chi connectivity index (χ2n) is 7.06. The molecule has 1 aliphatic heterocycles. The summed E-state index contributed by atoms with van der Waals surface area (Å²) in [5.74, 6) is 1.84. The van der Waals surface area contributed by atoms with E-state index in [9.17, 15) is 4.79 Å². The third kappa shape index (κ3) is 4.78. The molecule has 3 rings (SSSR count). The quantitative estimate of drug-likeness (QED) is 0.810. The number of piperidine rings is 1. The lowest BCUT2D eigenvalue weighted by Gasteiger charge is -2.29. The maximum absolute atomic E-state index is 12.6. The zero-order chi connectivity index (χ0) is 19.4. The lowest BCUT2D eigenvalue weighted by molar-refractivity contribution is 0.102. The Labute approximate surface area is 164 Å². The molecular formula is C20H27N3O3S. The number of rotatable bonds is 6. The minimum absolute atomic E-state index is 0.223. The maximum Gasteiger partial charge on any atom is 0.257 e. The molecule has 1 aliphatic rings. The number of nitrogens with one attached hydrogen (secondary N) is 1. The lowest BCUT2D eigenvalue weighted by atomic mass is 9.99. The van der Waals surface area contributed by atoms with Crippen molar-refractivity contribution in [3.05, 3.63) is 34.3 Å². The molecule has 1 N–H and O–H groups in total. The van der Waals surface area contributed by atoms with E-state index < -0.39 is 0 Å². The van der Waals surface area contributed by atoms with E-state index in [-0.39, 0.29) is 5.91 Å². The minimum Gasteiger partial charge on any atom is -0.496 e. The van der Waals surface area contributed by atoms with Gasteiger partial charge in [-0.05, 0) is 50.9 Å². The van der Waals surface area contributed by atoms with Crippen LogP contribution in [0.4, 0.5) is 5.13 Å². The van der Waals surface area contributed by atoms with Crippen LogP contribution in [-0.4, -0.2) is 43.1 Å². The Morgan fingerprint density at radius 1 is 1.26 bits per heavy atom. The SMILES string of the molecule is COc1cc(C(=O)Nc2nc(CN3CCC(C)CC3)cs2)cc(OC)c1C. The van der Waals surface area contributed by atoms with Crippen LogP contribution in [0, 0.1) is 12.8 Å². The van der Waals surface area contributed by atoms with Gasteiger partial charge in [0, 0.05) is 23.1 Å². The highest BCUT2D eigenvalue weighted by molar-refractivity contribution is 7.13. The molecule has 27 heavy (non-hydrogen) atoms. The normalized spacial score (nSPS) is 15.6. The van der Waals surface area contributed by atoms with E-state index in [1.54, 1.807) is 26.4 Å². The fourth-order valence-electron chi connectivity index (χ4n) is 3.27. The van der Waals surface area contributed by atoms with Gasteiger partial charge in [0.1, 0.15) is 11.5 Å². The molecule has 2 aromatic rings. The van der Waals surface area contributed by atoms with Gasteiger partial charge in [-0.25, -0.2) is 4.98 Å². The Hall–Kier alpha value is -2.12. The molecule has 0 unspecified atom stereocenters. The Morgan fingerprint density at radius 2 is 1.89 bits per heavy atom. The van der Waals surface area contributed by atoms with Gasteiger partial charge >= 0.3 is 0 Å². The Balaban J connectivity index is 1.66. The average Bonchev–Trinajstić information content (AvgIpc) is 3.10. The molecule has 1 fully saturated rings. The monoisotopic (exact) mass is 389 g/mol. The van der Waals surface area contributed by atoms with E-state index in [0.29, 0.717) is 22.2 Å². The summed E-state index contributed by atoms with van der Waals surface area (Å²) in [5.41, 5.74) is 2.35. The first-order valence-corrected chi connectivity index (χ1v) is 10.1. The molecule has 0 aliphatic carbocycles. The number of amides is 1. The molecule has 0 radical (unpaired) electrons. The van der Waals surface area contributed by atoms with Gasteiger partial charge in [-0.1, -0.05) is 6.92 Å². The van der Waals surface area contributed by atoms with Gasteiger partial charge in [0.25, 0.3) is 5.91 Å². The summed E-state index contributed by atoms with van der Waals surface area (Å²) in [7, 11) is 3.16. The Morgan fingerprint density at radius 3 is 2.48 bits per heavy atom. The van der Waals surface area contributed by atoms with Gasteiger partial charge < -0.3 is 9.47 Å². The first-order valence-electron chi connectivity index (χ1n) is 9.21. The minimum atomic E-state index is -0.223. The summed E-state index contributed by atoms with van der Waals surface area (Å²) in [6, 6.07) is 3.44. The van der Waals surface area contributed by atoms with Crippen molar-refractivity contribution in [1.29, 1.82) is 0 Å². The molecule has 1 saturated heterocycles. The smallest absolute Gasteiger partial charge is 0.257 e. The van der Waals surface area contributed by atoms with E-state index in [1.165, 1.54) is 24.2 Å². The summed E-state index contributed by atoms with van der Waals surface area (Å²) in [4.78, 5) is 19.6. The highest BCUT2D eigenvalue weighted by Gasteiger charge is 2.18. The summed E-state index contributed by atoms with van der Waals surface area (Å²) in [6.45, 7) is 7.27. The van der Waals surface area contributed by atoms with E-state index >= 15 is 0 Å². The van der Waals surface area contributed by atoms with Crippen LogP contribution in [0.3, 0.4) is 0 Å². The van der Waals surface area contributed by atoms with E-state index in [1.807, 2.05) is 12.3 Å². The van der Waals surface area contributed by atoms with Crippen LogP contribution in [-0.2, 0) is 6.54 Å². The van der Waals surface area contributed by atoms with Gasteiger partial charge in [0.05, 0.1) is 19.9 Å². The summed E-state index contributed by atoms with van der Waals surface area (Å²) in [5, 5.41) is 5.51. The number of ether oxygens (including phenoxy) is 2. The van der Waals surface area contributed by atoms with Crippen LogP contribution >= 0.6 is 11.3 Å². The first kappa shape index (κ1) is 19.6. The molecule has 1 amide bonds. The molecule has 2 heterocycles. The maximum atomic E-state index is 12.6. The molecule has 0 atom stereocenters. The fraction of sp³-hybridized carbons (Fsp3) is 0.500. The largest absolute Gasteiger partial charge is 0.496 e. The summed E-state index contributed by atoms with van der Waals surface area (Å²) >= 11 is 1.45. The number of hydrogen-bond donors (Lipinski definition) is 1. The molecule has 7 heteroatoms.